The van der Waals surface area contributed by atoms with Crippen LogP contribution >= 0.6 is 0 Å². The van der Waals surface area contributed by atoms with Gasteiger partial charge in [-0.25, -0.2) is 0 Å². The van der Waals surface area contributed by atoms with Crippen molar-refractivity contribution in [2.24, 2.45) is 4.99 Å². The molecule has 1 aliphatic heterocycles. The molecule has 0 fully saturated rings. The van der Waals surface area contributed by atoms with Gasteiger partial charge in [0.05, 0.1) is 6.54 Å². The highest BCUT2D eigenvalue weighted by Crippen LogP contribution is 2.00. The van der Waals surface area contributed by atoms with E-state index in [0.29, 0.717) is 12.4 Å². The molecule has 0 bridgehead atoms. The van der Waals surface area contributed by atoms with E-state index >= 15 is 0 Å². The highest BCUT2D eigenvalue weighted by molar-refractivity contribution is 6.08. The van der Waals surface area contributed by atoms with Gasteiger partial charge in [-0.2, -0.15) is 0 Å². The molecule has 0 unspecified atom stereocenters. The molecule has 0 saturated carbocycles. The highest BCUT2D eigenvalue weighted by atomic mass is 28.2. The molecule has 0 aromatic heterocycles. The molecule has 37 valence electrons. The molecule has 1 atom stereocenters. The van der Waals surface area contributed by atoms with Crippen molar-refractivity contribution < 1.29 is 9.53 Å². The minimum absolute atomic E-state index is 0.372. The average molecular weight is 114 g/mol. The van der Waals surface area contributed by atoms with Gasteiger partial charge in [-0.05, 0) is 0 Å². The van der Waals surface area contributed by atoms with Crippen molar-refractivity contribution >= 4 is 16.4 Å². The van der Waals surface area contributed by atoms with Crippen LogP contribution in [-0.2, 0) is 4.43 Å². The number of hydrogen-bond donors (Lipinski definition) is 1. The van der Waals surface area contributed by atoms with E-state index in [0.717, 1.165) is 0 Å². The summed E-state index contributed by atoms with van der Waals surface area (Å²) in [4.78, 5) is 3.66. The van der Waals surface area contributed by atoms with Gasteiger partial charge in [-0.15, -0.1) is 0 Å². The predicted molar refractivity (Wildman–Crippen MR) is 25.1 cm³/mol. The van der Waals surface area contributed by atoms with Crippen molar-refractivity contribution in [1.82, 2.24) is 0 Å². The lowest BCUT2D eigenvalue weighted by atomic mass is 10.3. The van der Waals surface area contributed by atoms with Gasteiger partial charge in [0.2, 0.25) is 5.90 Å². The van der Waals surface area contributed by atoms with Crippen LogP contribution in [0.3, 0.4) is 0 Å². The molecule has 0 spiro atoms. The van der Waals surface area contributed by atoms with E-state index in [1.807, 2.05) is 0 Å². The lowest BCUT2D eigenvalue weighted by Gasteiger charge is -2.17. The summed E-state index contributed by atoms with van der Waals surface area (Å²) in [5, 5.41) is 8.62. The Kier molecular flexibility index (Phi) is 1.12. The Balaban J connectivity index is 2.41. The van der Waals surface area contributed by atoms with Crippen LogP contribution in [0.2, 0.25) is 0 Å². The maximum atomic E-state index is 8.62. The minimum Gasteiger partial charge on any atom is -0.529 e. The fourth-order valence-electron chi connectivity index (χ4n) is 0.348. The summed E-state index contributed by atoms with van der Waals surface area (Å²) in [6.07, 6.45) is -0.475. The van der Waals surface area contributed by atoms with Gasteiger partial charge in [0.15, 0.2) is 0 Å². The maximum Gasteiger partial charge on any atom is 0.342 e. The maximum absolute atomic E-state index is 8.62. The van der Waals surface area contributed by atoms with E-state index in [1.54, 1.807) is 0 Å². The molecule has 0 aromatic carbocycles. The second-order valence-corrected chi connectivity index (χ2v) is 1.50. The van der Waals surface area contributed by atoms with Crippen molar-refractivity contribution in [1.29, 1.82) is 0 Å². The van der Waals surface area contributed by atoms with E-state index < -0.39 is 6.10 Å². The zero-order chi connectivity index (χ0) is 5.28. The van der Waals surface area contributed by atoms with Crippen molar-refractivity contribution in [2.45, 2.75) is 6.10 Å². The highest BCUT2D eigenvalue weighted by Gasteiger charge is 2.19. The number of aliphatic hydroxyl groups is 1. The first-order chi connectivity index (χ1) is 3.34. The largest absolute Gasteiger partial charge is 0.529 e. The van der Waals surface area contributed by atoms with Gasteiger partial charge in [0, 0.05) is 0 Å². The van der Waals surface area contributed by atoms with Gasteiger partial charge in [0.1, 0.15) is 6.10 Å². The molecule has 0 aromatic rings. The Labute approximate surface area is 44.6 Å². The molecule has 1 N–H and O–H groups in total. The van der Waals surface area contributed by atoms with Crippen LogP contribution in [0.1, 0.15) is 0 Å². The molecule has 3 nitrogen and oxygen atoms in total. The summed E-state index contributed by atoms with van der Waals surface area (Å²) in [6.45, 7) is 0.472. The van der Waals surface area contributed by atoms with Crippen LogP contribution < -0.4 is 0 Å². The summed E-state index contributed by atoms with van der Waals surface area (Å²) in [5.41, 5.74) is 0. The number of nitrogens with zero attached hydrogens (tertiary/aromatic N) is 1. The Morgan fingerprint density at radius 2 is 2.71 bits per heavy atom. The van der Waals surface area contributed by atoms with E-state index in [-0.39, 0.29) is 0 Å². The summed E-state index contributed by atoms with van der Waals surface area (Å²) in [5.74, 6) is 0.372. The quantitative estimate of drug-likeness (QED) is 0.404. The Hall–Kier alpha value is -0.353. The Morgan fingerprint density at radius 3 is 2.71 bits per heavy atom. The van der Waals surface area contributed by atoms with Gasteiger partial charge in [-0.1, -0.05) is 0 Å². The van der Waals surface area contributed by atoms with Crippen LogP contribution in [0.25, 0.3) is 0 Å². The van der Waals surface area contributed by atoms with Crippen molar-refractivity contribution in [3.63, 3.8) is 0 Å². The predicted octanol–water partition coefficient (Wildman–Crippen LogP) is -1.14. The van der Waals surface area contributed by atoms with Crippen molar-refractivity contribution in [2.75, 3.05) is 6.54 Å². The fraction of sp³-hybridized carbons (Fsp3) is 0.667. The molecule has 1 rings (SSSR count). The zero-order valence-corrected chi connectivity index (χ0v) is 4.59. The molecule has 4 heteroatoms. The smallest absolute Gasteiger partial charge is 0.342 e. The average Bonchev–Trinajstić information content (AvgIpc) is 1.65. The van der Waals surface area contributed by atoms with Gasteiger partial charge in [0.25, 0.3) is 0 Å². The molecule has 3 radical (unpaired) electrons. The first kappa shape index (κ1) is 4.80. The number of hydrogen-bond acceptors (Lipinski definition) is 3. The van der Waals surface area contributed by atoms with E-state index in [1.165, 1.54) is 0 Å². The molecular weight excluding hydrogens is 110 g/mol. The molecule has 1 heterocycles. The topological polar surface area (TPSA) is 41.8 Å². The van der Waals surface area contributed by atoms with Gasteiger partial charge >= 0.3 is 10.5 Å². The molecular formula is C3H4NO2Si. The Bertz CT molecular complexity index is 103. The number of aliphatic hydroxyl groups excluding tert-OH is 1. The standard InChI is InChI=1S/C3H4NO2Si/c5-2-1-4-3(2)6-7/h2,5H,1H2/t2-/m1/s1. The summed E-state index contributed by atoms with van der Waals surface area (Å²) in [6, 6.07) is 0. The monoisotopic (exact) mass is 114 g/mol. The third-order valence-electron chi connectivity index (χ3n) is 0.810. The number of aliphatic imine (C=N–C) groups is 1. The minimum atomic E-state index is -0.475. The first-order valence-electron chi connectivity index (χ1n) is 1.90. The molecule has 1 aliphatic rings. The van der Waals surface area contributed by atoms with Crippen LogP contribution in [0.5, 0.6) is 0 Å². The first-order valence-corrected chi connectivity index (χ1v) is 2.31. The normalized spacial score (nSPS) is 28.3. The molecule has 0 amide bonds. The Morgan fingerprint density at radius 1 is 2.00 bits per heavy atom. The van der Waals surface area contributed by atoms with Gasteiger partial charge in [-0.3, -0.25) is 4.99 Å². The SMILES string of the molecule is O[C@@H]1CN=C1O[Si]. The van der Waals surface area contributed by atoms with E-state index in [9.17, 15) is 0 Å². The second kappa shape index (κ2) is 1.63. The third-order valence-corrected chi connectivity index (χ3v) is 1.02. The number of rotatable bonds is 0. The summed E-state index contributed by atoms with van der Waals surface area (Å²) >= 11 is 0. The van der Waals surface area contributed by atoms with Crippen LogP contribution in [0.15, 0.2) is 4.99 Å². The molecule has 0 saturated heterocycles. The summed E-state index contributed by atoms with van der Waals surface area (Å²) in [7, 11) is 2.72. The van der Waals surface area contributed by atoms with Crippen molar-refractivity contribution in [3.8, 4) is 0 Å². The van der Waals surface area contributed by atoms with Gasteiger partial charge < -0.3 is 9.53 Å². The van der Waals surface area contributed by atoms with E-state index in [2.05, 4.69) is 19.9 Å². The van der Waals surface area contributed by atoms with E-state index in [4.69, 9.17) is 5.11 Å². The molecule has 7 heavy (non-hydrogen) atoms. The fourth-order valence-corrected chi connectivity index (χ4v) is 0.548. The lowest BCUT2D eigenvalue weighted by molar-refractivity contribution is 0.207. The second-order valence-electron chi connectivity index (χ2n) is 1.30. The van der Waals surface area contributed by atoms with Crippen LogP contribution in [-0.4, -0.2) is 34.1 Å². The van der Waals surface area contributed by atoms with Crippen LogP contribution in [0.4, 0.5) is 0 Å². The lowest BCUT2D eigenvalue weighted by Crippen LogP contribution is -2.34. The molecule has 0 aliphatic carbocycles. The van der Waals surface area contributed by atoms with Crippen LogP contribution in [0, 0.1) is 0 Å². The summed E-state index contributed by atoms with van der Waals surface area (Å²) < 4.78 is 4.40. The zero-order valence-electron chi connectivity index (χ0n) is 3.59. The van der Waals surface area contributed by atoms with Crippen molar-refractivity contribution in [3.05, 3.63) is 0 Å². The third kappa shape index (κ3) is 0.663.